The Balaban J connectivity index is 1.63. The van der Waals surface area contributed by atoms with Crippen molar-refractivity contribution in [2.45, 2.75) is 6.18 Å². The number of hydrogen-bond donors (Lipinski definition) is 1. The van der Waals surface area contributed by atoms with Crippen LogP contribution in [0.1, 0.15) is 5.56 Å². The molecule has 2 aromatic rings. The first-order valence-electron chi connectivity index (χ1n) is 8.51. The van der Waals surface area contributed by atoms with Gasteiger partial charge in [-0.15, -0.1) is 0 Å². The number of para-hydroxylation sites is 1. The molecular weight excluding hydrogens is 357 g/mol. The third-order valence-corrected chi connectivity index (χ3v) is 4.42. The molecule has 144 valence electrons. The van der Waals surface area contributed by atoms with Crippen LogP contribution in [0.4, 0.5) is 24.7 Å². The SMILES string of the molecule is C=C(Nc1cccc(OC)n1)N1CCN(c2ccccc2C(F)(F)F)CC1. The minimum atomic E-state index is -4.36. The van der Waals surface area contributed by atoms with Crippen LogP contribution in [0.5, 0.6) is 5.88 Å². The van der Waals surface area contributed by atoms with E-state index in [1.807, 2.05) is 11.0 Å². The predicted octanol–water partition coefficient (Wildman–Crippen LogP) is 3.81. The molecule has 0 atom stereocenters. The van der Waals surface area contributed by atoms with Crippen LogP contribution >= 0.6 is 0 Å². The van der Waals surface area contributed by atoms with Crippen molar-refractivity contribution < 1.29 is 17.9 Å². The van der Waals surface area contributed by atoms with E-state index in [0.717, 1.165) is 6.07 Å². The second-order valence-electron chi connectivity index (χ2n) is 6.13. The van der Waals surface area contributed by atoms with Crippen molar-refractivity contribution in [3.63, 3.8) is 0 Å². The van der Waals surface area contributed by atoms with E-state index >= 15 is 0 Å². The van der Waals surface area contributed by atoms with Gasteiger partial charge in [0, 0.05) is 37.9 Å². The lowest BCUT2D eigenvalue weighted by Gasteiger charge is -2.39. The first-order valence-corrected chi connectivity index (χ1v) is 8.51. The number of methoxy groups -OCH3 is 1. The molecule has 0 aliphatic carbocycles. The molecular formula is C19H21F3N4O. The molecule has 0 unspecified atom stereocenters. The number of hydrogen-bond acceptors (Lipinski definition) is 5. The molecule has 2 heterocycles. The van der Waals surface area contributed by atoms with Gasteiger partial charge in [0.1, 0.15) is 5.82 Å². The Bertz CT molecular complexity index is 802. The highest BCUT2D eigenvalue weighted by molar-refractivity contribution is 5.55. The van der Waals surface area contributed by atoms with E-state index in [1.165, 1.54) is 12.1 Å². The third kappa shape index (κ3) is 4.45. The van der Waals surface area contributed by atoms with E-state index in [1.54, 1.807) is 30.2 Å². The smallest absolute Gasteiger partial charge is 0.418 e. The number of halogens is 3. The topological polar surface area (TPSA) is 40.6 Å². The van der Waals surface area contributed by atoms with Gasteiger partial charge in [-0.2, -0.15) is 18.2 Å². The Morgan fingerprint density at radius 1 is 1.07 bits per heavy atom. The van der Waals surface area contributed by atoms with Crippen LogP contribution in [0.2, 0.25) is 0 Å². The van der Waals surface area contributed by atoms with Crippen molar-refractivity contribution in [3.8, 4) is 5.88 Å². The molecule has 5 nitrogen and oxygen atoms in total. The number of alkyl halides is 3. The van der Waals surface area contributed by atoms with Crippen LogP contribution in [-0.2, 0) is 6.18 Å². The van der Waals surface area contributed by atoms with Gasteiger partial charge in [-0.05, 0) is 18.2 Å². The fraction of sp³-hybridized carbons (Fsp3) is 0.316. The van der Waals surface area contributed by atoms with Gasteiger partial charge >= 0.3 is 6.18 Å². The van der Waals surface area contributed by atoms with Crippen molar-refractivity contribution in [1.82, 2.24) is 9.88 Å². The molecule has 0 bridgehead atoms. The Labute approximate surface area is 156 Å². The lowest BCUT2D eigenvalue weighted by Crippen LogP contribution is -2.47. The highest BCUT2D eigenvalue weighted by Crippen LogP contribution is 2.36. The molecule has 27 heavy (non-hydrogen) atoms. The summed E-state index contributed by atoms with van der Waals surface area (Å²) in [6, 6.07) is 11.0. The summed E-state index contributed by atoms with van der Waals surface area (Å²) in [5.74, 6) is 1.74. The highest BCUT2D eigenvalue weighted by atomic mass is 19.4. The molecule has 3 rings (SSSR count). The van der Waals surface area contributed by atoms with E-state index in [9.17, 15) is 13.2 Å². The summed E-state index contributed by atoms with van der Waals surface area (Å²) in [5, 5.41) is 3.12. The largest absolute Gasteiger partial charge is 0.481 e. The fourth-order valence-electron chi connectivity index (χ4n) is 3.03. The summed E-state index contributed by atoms with van der Waals surface area (Å²) in [4.78, 5) is 8.03. The second kappa shape index (κ2) is 7.77. The van der Waals surface area contributed by atoms with Gasteiger partial charge in [0.2, 0.25) is 5.88 Å². The van der Waals surface area contributed by atoms with E-state index in [0.29, 0.717) is 43.7 Å². The van der Waals surface area contributed by atoms with Crippen LogP contribution in [0.15, 0.2) is 54.9 Å². The zero-order chi connectivity index (χ0) is 19.4. The normalized spacial score (nSPS) is 14.8. The number of aromatic nitrogens is 1. The van der Waals surface area contributed by atoms with Crippen LogP contribution in [0, 0.1) is 0 Å². The number of rotatable bonds is 5. The summed E-state index contributed by atoms with van der Waals surface area (Å²) in [7, 11) is 1.54. The highest BCUT2D eigenvalue weighted by Gasteiger charge is 2.35. The number of nitrogens with zero attached hydrogens (tertiary/aromatic N) is 3. The second-order valence-corrected chi connectivity index (χ2v) is 6.13. The minimum absolute atomic E-state index is 0.220. The number of benzene rings is 1. The van der Waals surface area contributed by atoms with E-state index in [4.69, 9.17) is 4.74 Å². The van der Waals surface area contributed by atoms with Crippen molar-refractivity contribution in [1.29, 1.82) is 0 Å². The molecule has 0 radical (unpaired) electrons. The first kappa shape index (κ1) is 18.9. The zero-order valence-corrected chi connectivity index (χ0v) is 15.0. The van der Waals surface area contributed by atoms with Gasteiger partial charge in [-0.25, -0.2) is 0 Å². The maximum atomic E-state index is 13.2. The summed E-state index contributed by atoms with van der Waals surface area (Å²) in [6.45, 7) is 6.08. The van der Waals surface area contributed by atoms with Gasteiger partial charge < -0.3 is 19.9 Å². The summed E-state index contributed by atoms with van der Waals surface area (Å²) >= 11 is 0. The Kier molecular flexibility index (Phi) is 5.43. The number of ether oxygens (including phenoxy) is 1. The van der Waals surface area contributed by atoms with E-state index < -0.39 is 11.7 Å². The van der Waals surface area contributed by atoms with Gasteiger partial charge in [-0.3, -0.25) is 0 Å². The molecule has 8 heteroatoms. The molecule has 1 saturated heterocycles. The predicted molar refractivity (Wildman–Crippen MR) is 98.8 cm³/mol. The number of nitrogens with one attached hydrogen (secondary N) is 1. The molecule has 1 aromatic carbocycles. The molecule has 1 N–H and O–H groups in total. The van der Waals surface area contributed by atoms with Gasteiger partial charge in [0.05, 0.1) is 18.5 Å². The van der Waals surface area contributed by atoms with Crippen molar-refractivity contribution in [3.05, 3.63) is 60.4 Å². The molecule has 1 aliphatic rings. The standard InChI is InChI=1S/C19H21F3N4O/c1-14(23-17-8-5-9-18(24-17)27-2)25-10-12-26(13-11-25)16-7-4-3-6-15(16)19(20,21)22/h3-9H,1,10-13H2,2H3,(H,23,24). The first-order chi connectivity index (χ1) is 12.9. The van der Waals surface area contributed by atoms with Crippen molar-refractivity contribution >= 4 is 11.5 Å². The maximum absolute atomic E-state index is 13.2. The zero-order valence-electron chi connectivity index (χ0n) is 15.0. The molecule has 1 fully saturated rings. The lowest BCUT2D eigenvalue weighted by molar-refractivity contribution is -0.137. The van der Waals surface area contributed by atoms with Gasteiger partial charge in [0.25, 0.3) is 0 Å². The van der Waals surface area contributed by atoms with Crippen LogP contribution in [-0.4, -0.2) is 43.2 Å². The Hall–Kier alpha value is -2.90. The quantitative estimate of drug-likeness (QED) is 0.857. The molecule has 0 amide bonds. The van der Waals surface area contributed by atoms with Crippen molar-refractivity contribution in [2.75, 3.05) is 43.5 Å². The number of pyridine rings is 1. The molecule has 1 aromatic heterocycles. The van der Waals surface area contributed by atoms with E-state index in [-0.39, 0.29) is 5.69 Å². The molecule has 0 spiro atoms. The summed E-state index contributed by atoms with van der Waals surface area (Å²) < 4.78 is 44.8. The maximum Gasteiger partial charge on any atom is 0.418 e. The third-order valence-electron chi connectivity index (χ3n) is 4.42. The summed E-state index contributed by atoms with van der Waals surface area (Å²) in [5.41, 5.74) is -0.381. The van der Waals surface area contributed by atoms with E-state index in [2.05, 4.69) is 16.9 Å². The Morgan fingerprint density at radius 2 is 1.78 bits per heavy atom. The summed E-state index contributed by atoms with van der Waals surface area (Å²) in [6.07, 6.45) is -4.36. The van der Waals surface area contributed by atoms with Crippen molar-refractivity contribution in [2.24, 2.45) is 0 Å². The Morgan fingerprint density at radius 3 is 2.44 bits per heavy atom. The van der Waals surface area contributed by atoms with Crippen LogP contribution in [0.25, 0.3) is 0 Å². The number of piperazine rings is 1. The van der Waals surface area contributed by atoms with Gasteiger partial charge in [-0.1, -0.05) is 24.8 Å². The minimum Gasteiger partial charge on any atom is -0.481 e. The monoisotopic (exact) mass is 378 g/mol. The fourth-order valence-corrected chi connectivity index (χ4v) is 3.03. The van der Waals surface area contributed by atoms with Gasteiger partial charge in [0.15, 0.2) is 0 Å². The average molecular weight is 378 g/mol. The average Bonchev–Trinajstić information content (AvgIpc) is 2.67. The molecule has 0 saturated carbocycles. The number of anilines is 2. The molecule has 1 aliphatic heterocycles. The lowest BCUT2D eigenvalue weighted by atomic mass is 10.1. The van der Waals surface area contributed by atoms with Crippen LogP contribution < -0.4 is 15.0 Å². The van der Waals surface area contributed by atoms with Crippen LogP contribution in [0.3, 0.4) is 0 Å².